The molecular formula is C11H18ClN5O. The van der Waals surface area contributed by atoms with E-state index < -0.39 is 0 Å². The van der Waals surface area contributed by atoms with Gasteiger partial charge in [-0.3, -0.25) is 0 Å². The number of nitrogens with one attached hydrogen (secondary N) is 2. The molecule has 1 aromatic rings. The van der Waals surface area contributed by atoms with E-state index in [1.165, 1.54) is 11.2 Å². The molecule has 0 saturated heterocycles. The van der Waals surface area contributed by atoms with Crippen LogP contribution < -0.4 is 10.6 Å². The molecule has 18 heavy (non-hydrogen) atoms. The topological polar surface area (TPSA) is 70.1 Å². The van der Waals surface area contributed by atoms with E-state index in [1.54, 1.807) is 14.1 Å². The number of hydrogen-bond donors (Lipinski definition) is 2. The normalized spacial score (nSPS) is 10.0. The van der Waals surface area contributed by atoms with Gasteiger partial charge in [-0.2, -0.15) is 0 Å². The molecule has 0 aromatic carbocycles. The first-order valence-corrected chi connectivity index (χ1v) is 6.12. The number of nitrogens with zero attached hydrogens (tertiary/aromatic N) is 3. The van der Waals surface area contributed by atoms with Gasteiger partial charge in [-0.25, -0.2) is 14.8 Å². The van der Waals surface area contributed by atoms with Crippen molar-refractivity contribution >= 4 is 23.4 Å². The predicted octanol–water partition coefficient (Wildman–Crippen LogP) is 1.38. The summed E-state index contributed by atoms with van der Waals surface area (Å²) in [6.07, 6.45) is 2.17. The van der Waals surface area contributed by atoms with Crippen LogP contribution in [0.1, 0.15) is 12.5 Å². The van der Waals surface area contributed by atoms with Gasteiger partial charge in [0.15, 0.2) is 0 Å². The third-order valence-corrected chi connectivity index (χ3v) is 2.67. The summed E-state index contributed by atoms with van der Waals surface area (Å²) in [5, 5.41) is 6.35. The fourth-order valence-electron chi connectivity index (χ4n) is 1.36. The molecule has 0 aliphatic heterocycles. The molecule has 0 aliphatic rings. The number of rotatable bonds is 5. The Hall–Kier alpha value is -1.56. The Morgan fingerprint density at radius 2 is 2.11 bits per heavy atom. The van der Waals surface area contributed by atoms with E-state index in [4.69, 9.17) is 11.6 Å². The molecule has 0 aliphatic carbocycles. The molecule has 0 unspecified atom stereocenters. The molecule has 1 rings (SSSR count). The van der Waals surface area contributed by atoms with Gasteiger partial charge in [0.1, 0.15) is 17.3 Å². The van der Waals surface area contributed by atoms with E-state index in [0.29, 0.717) is 18.2 Å². The number of carbonyl (C=O) groups excluding carboxylic acids is 1. The quantitative estimate of drug-likeness (QED) is 0.627. The van der Waals surface area contributed by atoms with Gasteiger partial charge in [0, 0.05) is 32.7 Å². The van der Waals surface area contributed by atoms with Crippen LogP contribution in [0.2, 0.25) is 5.15 Å². The monoisotopic (exact) mass is 271 g/mol. The highest BCUT2D eigenvalue weighted by Gasteiger charge is 2.07. The molecule has 0 bridgehead atoms. The Morgan fingerprint density at radius 1 is 1.39 bits per heavy atom. The zero-order valence-electron chi connectivity index (χ0n) is 10.8. The molecule has 0 spiro atoms. The van der Waals surface area contributed by atoms with Crippen molar-refractivity contribution in [3.05, 3.63) is 17.0 Å². The molecule has 0 fully saturated rings. The summed E-state index contributed by atoms with van der Waals surface area (Å²) in [6.45, 7) is 3.09. The van der Waals surface area contributed by atoms with Crippen LogP contribution in [0.4, 0.5) is 10.6 Å². The van der Waals surface area contributed by atoms with E-state index in [1.807, 2.05) is 6.92 Å². The Labute approximate surface area is 112 Å². The van der Waals surface area contributed by atoms with Crippen LogP contribution in [0.15, 0.2) is 6.33 Å². The lowest BCUT2D eigenvalue weighted by molar-refractivity contribution is 0.218. The second-order valence-electron chi connectivity index (χ2n) is 3.90. The summed E-state index contributed by atoms with van der Waals surface area (Å²) in [6, 6.07) is -0.117. The fourth-order valence-corrected chi connectivity index (χ4v) is 1.63. The second kappa shape index (κ2) is 7.00. The lowest BCUT2D eigenvalue weighted by atomic mass is 10.2. The largest absolute Gasteiger partial charge is 0.368 e. The maximum Gasteiger partial charge on any atom is 0.316 e. The highest BCUT2D eigenvalue weighted by atomic mass is 35.5. The molecule has 1 aromatic heterocycles. The minimum absolute atomic E-state index is 0.117. The first-order chi connectivity index (χ1) is 8.56. The van der Waals surface area contributed by atoms with Crippen molar-refractivity contribution in [2.75, 3.05) is 32.5 Å². The minimum Gasteiger partial charge on any atom is -0.368 e. The van der Waals surface area contributed by atoms with E-state index in [2.05, 4.69) is 20.6 Å². The Morgan fingerprint density at radius 3 is 2.72 bits per heavy atom. The van der Waals surface area contributed by atoms with Gasteiger partial charge in [-0.1, -0.05) is 18.5 Å². The lowest BCUT2D eigenvalue weighted by Gasteiger charge is -2.13. The molecule has 100 valence electrons. The Bertz CT molecular complexity index is 410. The minimum atomic E-state index is -0.117. The summed E-state index contributed by atoms with van der Waals surface area (Å²) in [5.41, 5.74) is 0.887. The average Bonchev–Trinajstić information content (AvgIpc) is 2.34. The average molecular weight is 272 g/mol. The van der Waals surface area contributed by atoms with Crippen LogP contribution in [-0.4, -0.2) is 48.1 Å². The molecule has 6 nitrogen and oxygen atoms in total. The first kappa shape index (κ1) is 14.5. The van der Waals surface area contributed by atoms with Crippen molar-refractivity contribution < 1.29 is 4.79 Å². The van der Waals surface area contributed by atoms with Gasteiger partial charge in [-0.05, 0) is 6.42 Å². The summed E-state index contributed by atoms with van der Waals surface area (Å²) in [5.74, 6) is 0.719. The van der Waals surface area contributed by atoms with Crippen LogP contribution in [0, 0.1) is 0 Å². The number of anilines is 1. The SMILES string of the molecule is CCc1c(Cl)ncnc1NCCNC(=O)N(C)C. The van der Waals surface area contributed by atoms with Gasteiger partial charge in [0.25, 0.3) is 0 Å². The smallest absolute Gasteiger partial charge is 0.316 e. The number of urea groups is 1. The number of halogens is 1. The summed E-state index contributed by atoms with van der Waals surface area (Å²) in [7, 11) is 3.39. The van der Waals surface area contributed by atoms with Crippen LogP contribution in [0.3, 0.4) is 0 Å². The van der Waals surface area contributed by atoms with Crippen molar-refractivity contribution in [1.29, 1.82) is 0 Å². The fraction of sp³-hybridized carbons (Fsp3) is 0.545. The molecule has 7 heteroatoms. The van der Waals surface area contributed by atoms with Gasteiger partial charge in [0.05, 0.1) is 0 Å². The van der Waals surface area contributed by atoms with Crippen molar-refractivity contribution in [3.63, 3.8) is 0 Å². The molecule has 0 atom stereocenters. The van der Waals surface area contributed by atoms with E-state index >= 15 is 0 Å². The van der Waals surface area contributed by atoms with Crippen LogP contribution in [0.5, 0.6) is 0 Å². The van der Waals surface area contributed by atoms with Crippen LogP contribution in [-0.2, 0) is 6.42 Å². The maximum absolute atomic E-state index is 11.3. The Kier molecular flexibility index (Phi) is 5.64. The molecule has 2 amide bonds. The first-order valence-electron chi connectivity index (χ1n) is 5.74. The highest BCUT2D eigenvalue weighted by molar-refractivity contribution is 6.30. The van der Waals surface area contributed by atoms with Crippen LogP contribution in [0.25, 0.3) is 0 Å². The Balaban J connectivity index is 2.45. The standard InChI is InChI=1S/C11H18ClN5O/c1-4-8-9(12)15-7-16-10(8)13-5-6-14-11(18)17(2)3/h7H,4-6H2,1-3H3,(H,14,18)(H,13,15,16). The number of amides is 2. The highest BCUT2D eigenvalue weighted by Crippen LogP contribution is 2.19. The second-order valence-corrected chi connectivity index (χ2v) is 4.26. The van der Waals surface area contributed by atoms with Gasteiger partial charge < -0.3 is 15.5 Å². The van der Waals surface area contributed by atoms with Crippen LogP contribution >= 0.6 is 11.6 Å². The predicted molar refractivity (Wildman–Crippen MR) is 72.0 cm³/mol. The molecule has 0 saturated carbocycles. The van der Waals surface area contributed by atoms with Crippen molar-refractivity contribution in [2.45, 2.75) is 13.3 Å². The molecule has 1 heterocycles. The number of aromatic nitrogens is 2. The van der Waals surface area contributed by atoms with Gasteiger partial charge in [-0.15, -0.1) is 0 Å². The van der Waals surface area contributed by atoms with Gasteiger partial charge >= 0.3 is 6.03 Å². The molecular weight excluding hydrogens is 254 g/mol. The van der Waals surface area contributed by atoms with E-state index in [9.17, 15) is 4.79 Å². The third kappa shape index (κ3) is 4.03. The summed E-state index contributed by atoms with van der Waals surface area (Å²) < 4.78 is 0. The molecule has 0 radical (unpaired) electrons. The third-order valence-electron chi connectivity index (χ3n) is 2.35. The zero-order valence-corrected chi connectivity index (χ0v) is 11.6. The number of hydrogen-bond acceptors (Lipinski definition) is 4. The van der Waals surface area contributed by atoms with E-state index in [-0.39, 0.29) is 6.03 Å². The lowest BCUT2D eigenvalue weighted by Crippen LogP contribution is -2.37. The summed E-state index contributed by atoms with van der Waals surface area (Å²) >= 11 is 5.97. The van der Waals surface area contributed by atoms with E-state index in [0.717, 1.165) is 17.8 Å². The zero-order chi connectivity index (χ0) is 13.5. The maximum atomic E-state index is 11.3. The van der Waals surface area contributed by atoms with Crippen molar-refractivity contribution in [3.8, 4) is 0 Å². The molecule has 2 N–H and O–H groups in total. The van der Waals surface area contributed by atoms with Gasteiger partial charge in [0.2, 0.25) is 0 Å². The van der Waals surface area contributed by atoms with Crippen molar-refractivity contribution in [2.24, 2.45) is 0 Å². The van der Waals surface area contributed by atoms with Crippen molar-refractivity contribution in [1.82, 2.24) is 20.2 Å². The summed E-state index contributed by atoms with van der Waals surface area (Å²) in [4.78, 5) is 20.8. The number of carbonyl (C=O) groups is 1.